The fraction of sp³-hybridized carbons (Fsp3) is 0.286. The first-order valence-electron chi connectivity index (χ1n) is 12.1. The van der Waals surface area contributed by atoms with Gasteiger partial charge in [-0.1, -0.05) is 35.5 Å². The van der Waals surface area contributed by atoms with Crippen molar-refractivity contribution >= 4 is 27.9 Å². The fourth-order valence-corrected chi connectivity index (χ4v) is 5.56. The number of pyridine rings is 2. The third-order valence-corrected chi connectivity index (χ3v) is 7.20. The Kier molecular flexibility index (Phi) is 5.53. The Labute approximate surface area is 207 Å². The number of carbonyl (C=O) groups is 1. The van der Waals surface area contributed by atoms with Crippen LogP contribution in [0, 0.1) is 19.8 Å². The van der Waals surface area contributed by atoms with Gasteiger partial charge in [-0.25, -0.2) is 9.78 Å². The Bertz CT molecular complexity index is 1560. The van der Waals surface area contributed by atoms with Gasteiger partial charge in [0.2, 0.25) is 0 Å². The Balaban J connectivity index is 1.69. The molecule has 0 saturated carbocycles. The topological polar surface area (TPSA) is 103 Å². The van der Waals surface area contributed by atoms with Crippen LogP contribution in [0.4, 0.5) is 0 Å². The Hall–Kier alpha value is -4.04. The van der Waals surface area contributed by atoms with Gasteiger partial charge in [-0.15, -0.1) is 0 Å². The van der Waals surface area contributed by atoms with Gasteiger partial charge in [0, 0.05) is 42.1 Å². The average molecular weight is 483 g/mol. The van der Waals surface area contributed by atoms with Crippen molar-refractivity contribution in [2.24, 2.45) is 5.92 Å². The van der Waals surface area contributed by atoms with Crippen LogP contribution in [-0.4, -0.2) is 44.0 Å². The molecular formula is C28H26N4O4. The van der Waals surface area contributed by atoms with E-state index >= 15 is 0 Å². The molecule has 0 unspecified atom stereocenters. The fourth-order valence-electron chi connectivity index (χ4n) is 5.56. The van der Waals surface area contributed by atoms with Crippen LogP contribution in [0.3, 0.4) is 0 Å². The second-order valence-corrected chi connectivity index (χ2v) is 9.36. The second kappa shape index (κ2) is 8.87. The lowest BCUT2D eigenvalue weighted by atomic mass is 9.86. The summed E-state index contributed by atoms with van der Waals surface area (Å²) in [5.74, 6) is -0.0142. The molecule has 182 valence electrons. The molecule has 1 atom stereocenters. The number of fused-ring (bicyclic) bond motifs is 3. The third kappa shape index (κ3) is 3.65. The zero-order valence-electron chi connectivity index (χ0n) is 20.1. The van der Waals surface area contributed by atoms with Crippen LogP contribution in [-0.2, 0) is 4.74 Å². The highest BCUT2D eigenvalue weighted by atomic mass is 16.5. The second-order valence-electron chi connectivity index (χ2n) is 9.36. The molecule has 4 aromatic heterocycles. The van der Waals surface area contributed by atoms with Crippen molar-refractivity contribution in [3.8, 4) is 11.1 Å². The molecule has 1 aliphatic rings. The number of hydrogen-bond donors (Lipinski definition) is 1. The molecule has 8 nitrogen and oxygen atoms in total. The minimum atomic E-state index is -1.06. The molecule has 1 fully saturated rings. The van der Waals surface area contributed by atoms with Crippen LogP contribution in [0.1, 0.15) is 46.4 Å². The van der Waals surface area contributed by atoms with Crippen molar-refractivity contribution in [2.45, 2.75) is 32.7 Å². The number of aromatic nitrogens is 4. The van der Waals surface area contributed by atoms with Crippen LogP contribution in [0.2, 0.25) is 0 Å². The quantitative estimate of drug-likeness (QED) is 0.349. The maximum Gasteiger partial charge on any atom is 0.354 e. The first-order chi connectivity index (χ1) is 17.5. The summed E-state index contributed by atoms with van der Waals surface area (Å²) < 4.78 is 13.4. The van der Waals surface area contributed by atoms with Crippen LogP contribution < -0.4 is 0 Å². The van der Waals surface area contributed by atoms with Gasteiger partial charge in [0.25, 0.3) is 0 Å². The Morgan fingerprint density at radius 3 is 2.53 bits per heavy atom. The van der Waals surface area contributed by atoms with Crippen LogP contribution in [0.5, 0.6) is 0 Å². The number of aromatic carboxylic acids is 1. The lowest BCUT2D eigenvalue weighted by Gasteiger charge is -2.33. The smallest absolute Gasteiger partial charge is 0.354 e. The molecule has 0 bridgehead atoms. The van der Waals surface area contributed by atoms with Crippen molar-refractivity contribution in [3.05, 3.63) is 77.6 Å². The zero-order valence-corrected chi connectivity index (χ0v) is 20.1. The molecule has 0 radical (unpaired) electrons. The summed E-state index contributed by atoms with van der Waals surface area (Å²) in [6.45, 7) is 5.22. The molecule has 1 N–H and O–H groups in total. The van der Waals surface area contributed by atoms with Crippen LogP contribution in [0.25, 0.3) is 33.1 Å². The van der Waals surface area contributed by atoms with Crippen LogP contribution in [0.15, 0.2) is 59.4 Å². The largest absolute Gasteiger partial charge is 0.477 e. The van der Waals surface area contributed by atoms with E-state index in [1.54, 1.807) is 12.3 Å². The predicted octanol–water partition coefficient (Wildman–Crippen LogP) is 5.57. The number of benzene rings is 1. The monoisotopic (exact) mass is 482 g/mol. The molecule has 5 heterocycles. The molecule has 0 aliphatic carbocycles. The number of ether oxygens (including phenoxy) is 1. The van der Waals surface area contributed by atoms with Gasteiger partial charge in [-0.3, -0.25) is 4.98 Å². The SMILES string of the molecule is Cc1noc(C)c1-c1cnc2c3cnc(C(=O)O)cc3n([C@@H](c3ccccc3)C3CCOCC3)c2c1. The van der Waals surface area contributed by atoms with Gasteiger partial charge in [0.15, 0.2) is 0 Å². The number of aryl methyl sites for hydroxylation is 2. The normalized spacial score (nSPS) is 15.5. The molecule has 5 aromatic rings. The van der Waals surface area contributed by atoms with E-state index in [9.17, 15) is 9.90 Å². The lowest BCUT2D eigenvalue weighted by molar-refractivity contribution is 0.0553. The van der Waals surface area contributed by atoms with Gasteiger partial charge in [-0.2, -0.15) is 0 Å². The highest BCUT2D eigenvalue weighted by Crippen LogP contribution is 2.41. The molecule has 1 saturated heterocycles. The summed E-state index contributed by atoms with van der Waals surface area (Å²) in [5, 5.41) is 14.7. The number of nitrogens with zero attached hydrogens (tertiary/aromatic N) is 4. The highest BCUT2D eigenvalue weighted by molar-refractivity contribution is 6.07. The summed E-state index contributed by atoms with van der Waals surface area (Å²) in [6.07, 6.45) is 5.28. The molecule has 0 amide bonds. The molecule has 8 heteroatoms. The standard InChI is InChI=1S/C28H26N4O4/c1-16-25(17(2)36-31-16)20-12-24-26(30-14-20)21-15-29-22(28(33)34)13-23(21)32(24)27(18-6-4-3-5-7-18)19-8-10-35-11-9-19/h3-7,12-15,19,27H,8-11H2,1-2H3,(H,33,34)/t27-/m0/s1. The number of carboxylic acid groups (broad SMARTS) is 1. The Morgan fingerprint density at radius 1 is 1.06 bits per heavy atom. The predicted molar refractivity (Wildman–Crippen MR) is 135 cm³/mol. The first kappa shape index (κ1) is 22.4. The maximum absolute atomic E-state index is 11.9. The third-order valence-electron chi connectivity index (χ3n) is 7.20. The van der Waals surface area contributed by atoms with E-state index in [0.29, 0.717) is 19.1 Å². The van der Waals surface area contributed by atoms with Crippen molar-refractivity contribution in [3.63, 3.8) is 0 Å². The summed E-state index contributed by atoms with van der Waals surface area (Å²) in [6, 6.07) is 14.2. The van der Waals surface area contributed by atoms with Gasteiger partial charge in [-0.05, 0) is 50.3 Å². The first-order valence-corrected chi connectivity index (χ1v) is 12.1. The molecule has 1 aliphatic heterocycles. The lowest BCUT2D eigenvalue weighted by Crippen LogP contribution is -2.27. The van der Waals surface area contributed by atoms with Gasteiger partial charge >= 0.3 is 5.97 Å². The summed E-state index contributed by atoms with van der Waals surface area (Å²) in [4.78, 5) is 21.0. The van der Waals surface area contributed by atoms with E-state index in [2.05, 4.69) is 32.9 Å². The maximum atomic E-state index is 11.9. The van der Waals surface area contributed by atoms with Crippen molar-refractivity contribution in [2.75, 3.05) is 13.2 Å². The molecule has 6 rings (SSSR count). The van der Waals surface area contributed by atoms with Gasteiger partial charge in [0.05, 0.1) is 28.3 Å². The van der Waals surface area contributed by atoms with Crippen molar-refractivity contribution in [1.29, 1.82) is 0 Å². The minimum absolute atomic E-state index is 0.0105. The van der Waals surface area contributed by atoms with Crippen molar-refractivity contribution < 1.29 is 19.2 Å². The summed E-state index contributed by atoms with van der Waals surface area (Å²) in [5.41, 5.74) is 6.33. The van der Waals surface area contributed by atoms with E-state index < -0.39 is 5.97 Å². The minimum Gasteiger partial charge on any atom is -0.477 e. The Morgan fingerprint density at radius 2 is 1.83 bits per heavy atom. The van der Waals surface area contributed by atoms with Crippen LogP contribution >= 0.6 is 0 Å². The summed E-state index contributed by atoms with van der Waals surface area (Å²) >= 11 is 0. The highest BCUT2D eigenvalue weighted by Gasteiger charge is 2.31. The van der Waals surface area contributed by atoms with Gasteiger partial charge < -0.3 is 18.9 Å². The van der Waals surface area contributed by atoms with E-state index in [1.807, 2.05) is 38.2 Å². The number of rotatable bonds is 5. The molecule has 1 aromatic carbocycles. The zero-order chi connectivity index (χ0) is 24.8. The number of hydrogen-bond acceptors (Lipinski definition) is 6. The molecule has 0 spiro atoms. The van der Waals surface area contributed by atoms with Crippen molar-refractivity contribution in [1.82, 2.24) is 19.7 Å². The summed E-state index contributed by atoms with van der Waals surface area (Å²) in [7, 11) is 0. The molecule has 36 heavy (non-hydrogen) atoms. The number of carboxylic acids is 1. The van der Waals surface area contributed by atoms with E-state index in [4.69, 9.17) is 14.2 Å². The van der Waals surface area contributed by atoms with E-state index in [-0.39, 0.29) is 11.7 Å². The van der Waals surface area contributed by atoms with E-state index in [0.717, 1.165) is 57.4 Å². The van der Waals surface area contributed by atoms with E-state index in [1.165, 1.54) is 5.56 Å². The molecular weight excluding hydrogens is 456 g/mol. The van der Waals surface area contributed by atoms with Gasteiger partial charge in [0.1, 0.15) is 11.5 Å². The average Bonchev–Trinajstić information content (AvgIpc) is 3.41.